The van der Waals surface area contributed by atoms with Crippen LogP contribution in [0.3, 0.4) is 0 Å². The number of nitrogens with zero attached hydrogens (tertiary/aromatic N) is 4. The van der Waals surface area contributed by atoms with Crippen LogP contribution in [-0.4, -0.2) is 33.7 Å². The average molecular weight is 409 g/mol. The van der Waals surface area contributed by atoms with Gasteiger partial charge in [-0.2, -0.15) is 9.40 Å². The largest absolute Gasteiger partial charge is 0.355 e. The molecule has 0 bridgehead atoms. The van der Waals surface area contributed by atoms with Crippen molar-refractivity contribution >= 4 is 21.4 Å². The molecule has 3 aromatic rings. The standard InChI is InChI=1S/C18H24N4O3S2/c1-11(2)22(10-15-12(3)20-21(6)13(15)4)27(23,24)18-9-17(26-14(18)5)16-7-8-19-25-16/h7-9,11H,10H2,1-6H3. The number of sulfonamides is 1. The molecule has 0 aliphatic heterocycles. The van der Waals surface area contributed by atoms with Gasteiger partial charge in [0.15, 0.2) is 5.76 Å². The van der Waals surface area contributed by atoms with Crippen LogP contribution in [0.25, 0.3) is 10.6 Å². The Morgan fingerprint density at radius 3 is 2.52 bits per heavy atom. The molecule has 0 N–H and O–H groups in total. The molecule has 0 unspecified atom stereocenters. The molecule has 0 atom stereocenters. The molecule has 3 rings (SSSR count). The Morgan fingerprint density at radius 2 is 2.00 bits per heavy atom. The Bertz CT molecular complexity index is 1050. The van der Waals surface area contributed by atoms with E-state index in [0.29, 0.717) is 17.2 Å². The molecule has 3 heterocycles. The maximum atomic E-state index is 13.5. The summed E-state index contributed by atoms with van der Waals surface area (Å²) in [4.78, 5) is 1.79. The molecule has 27 heavy (non-hydrogen) atoms. The maximum absolute atomic E-state index is 13.5. The fourth-order valence-electron chi connectivity index (χ4n) is 3.06. The van der Waals surface area contributed by atoms with Gasteiger partial charge in [0.2, 0.25) is 10.0 Å². The van der Waals surface area contributed by atoms with Gasteiger partial charge in [-0.15, -0.1) is 11.3 Å². The van der Waals surface area contributed by atoms with E-state index in [0.717, 1.165) is 26.7 Å². The van der Waals surface area contributed by atoms with Crippen molar-refractivity contribution in [2.75, 3.05) is 0 Å². The summed E-state index contributed by atoms with van der Waals surface area (Å²) in [5.41, 5.74) is 2.76. The van der Waals surface area contributed by atoms with Gasteiger partial charge >= 0.3 is 0 Å². The summed E-state index contributed by atoms with van der Waals surface area (Å²) >= 11 is 1.39. The van der Waals surface area contributed by atoms with Gasteiger partial charge in [-0.05, 0) is 40.7 Å². The molecule has 146 valence electrons. The summed E-state index contributed by atoms with van der Waals surface area (Å²) in [5, 5.41) is 8.11. The van der Waals surface area contributed by atoms with E-state index < -0.39 is 10.0 Å². The van der Waals surface area contributed by atoms with Crippen molar-refractivity contribution in [3.8, 4) is 10.6 Å². The van der Waals surface area contributed by atoms with E-state index in [1.165, 1.54) is 15.6 Å². The molecule has 0 aliphatic rings. The molecule has 0 radical (unpaired) electrons. The van der Waals surface area contributed by atoms with Crippen LogP contribution >= 0.6 is 11.3 Å². The minimum absolute atomic E-state index is 0.193. The monoisotopic (exact) mass is 408 g/mol. The van der Waals surface area contributed by atoms with Crippen molar-refractivity contribution in [2.24, 2.45) is 7.05 Å². The number of hydrogen-bond acceptors (Lipinski definition) is 6. The third kappa shape index (κ3) is 3.59. The highest BCUT2D eigenvalue weighted by molar-refractivity contribution is 7.89. The first-order valence-electron chi connectivity index (χ1n) is 8.65. The maximum Gasteiger partial charge on any atom is 0.244 e. The molecule has 3 aromatic heterocycles. The quantitative estimate of drug-likeness (QED) is 0.622. The third-order valence-electron chi connectivity index (χ3n) is 4.69. The number of hydrogen-bond donors (Lipinski definition) is 0. The van der Waals surface area contributed by atoms with Crippen molar-refractivity contribution in [3.63, 3.8) is 0 Å². The average Bonchev–Trinajstić information content (AvgIpc) is 3.27. The first kappa shape index (κ1) is 19.8. The van der Waals surface area contributed by atoms with E-state index in [-0.39, 0.29) is 6.04 Å². The fraction of sp³-hybridized carbons (Fsp3) is 0.444. The lowest BCUT2D eigenvalue weighted by Crippen LogP contribution is -2.36. The molecule has 7 nitrogen and oxygen atoms in total. The van der Waals surface area contributed by atoms with Gasteiger partial charge in [0.25, 0.3) is 0 Å². The lowest BCUT2D eigenvalue weighted by molar-refractivity contribution is 0.347. The SMILES string of the molecule is Cc1nn(C)c(C)c1CN(C(C)C)S(=O)(=O)c1cc(-c2ccno2)sc1C. The van der Waals surface area contributed by atoms with Crippen LogP contribution in [0, 0.1) is 20.8 Å². The van der Waals surface area contributed by atoms with Crippen LogP contribution in [0.2, 0.25) is 0 Å². The summed E-state index contributed by atoms with van der Waals surface area (Å²) in [7, 11) is -1.81. The Kier molecular flexibility index (Phi) is 5.29. The zero-order valence-corrected chi connectivity index (χ0v) is 18.0. The molecule has 0 saturated carbocycles. The van der Waals surface area contributed by atoms with Crippen molar-refractivity contribution in [1.82, 2.24) is 19.2 Å². The predicted octanol–water partition coefficient (Wildman–Crippen LogP) is 3.66. The second kappa shape index (κ2) is 7.21. The van der Waals surface area contributed by atoms with E-state index in [4.69, 9.17) is 4.52 Å². The highest BCUT2D eigenvalue weighted by Crippen LogP contribution is 2.35. The van der Waals surface area contributed by atoms with Crippen LogP contribution < -0.4 is 0 Å². The van der Waals surface area contributed by atoms with Crippen LogP contribution in [0.4, 0.5) is 0 Å². The molecule has 0 saturated heterocycles. The lowest BCUT2D eigenvalue weighted by Gasteiger charge is -2.26. The summed E-state index contributed by atoms with van der Waals surface area (Å²) in [6.07, 6.45) is 1.55. The number of rotatable bonds is 6. The molecule has 9 heteroatoms. The molecule has 0 amide bonds. The van der Waals surface area contributed by atoms with Crippen LogP contribution in [0.1, 0.15) is 35.7 Å². The van der Waals surface area contributed by atoms with Crippen LogP contribution in [0.15, 0.2) is 27.7 Å². The van der Waals surface area contributed by atoms with Crippen molar-refractivity contribution in [3.05, 3.63) is 40.2 Å². The first-order chi connectivity index (χ1) is 12.6. The van der Waals surface area contributed by atoms with Crippen LogP contribution in [-0.2, 0) is 23.6 Å². The number of thiophene rings is 1. The second-order valence-corrected chi connectivity index (χ2v) is 9.94. The summed E-state index contributed by atoms with van der Waals surface area (Å²) in [5.74, 6) is 0.569. The normalized spacial score (nSPS) is 12.4. The number of aryl methyl sites for hydroxylation is 3. The van der Waals surface area contributed by atoms with Gasteiger partial charge in [0.05, 0.1) is 21.7 Å². The lowest BCUT2D eigenvalue weighted by atomic mass is 10.2. The van der Waals surface area contributed by atoms with Gasteiger partial charge in [-0.25, -0.2) is 8.42 Å². The van der Waals surface area contributed by atoms with Crippen molar-refractivity contribution < 1.29 is 12.9 Å². The van der Waals surface area contributed by atoms with E-state index in [2.05, 4.69) is 10.3 Å². The summed E-state index contributed by atoms with van der Waals surface area (Å²) in [6.45, 7) is 9.74. The first-order valence-corrected chi connectivity index (χ1v) is 10.9. The van der Waals surface area contributed by atoms with E-state index >= 15 is 0 Å². The minimum atomic E-state index is -3.68. The zero-order valence-electron chi connectivity index (χ0n) is 16.3. The predicted molar refractivity (Wildman–Crippen MR) is 105 cm³/mol. The summed E-state index contributed by atoms with van der Waals surface area (Å²) in [6, 6.07) is 3.21. The minimum Gasteiger partial charge on any atom is -0.355 e. The highest BCUT2D eigenvalue weighted by Gasteiger charge is 2.32. The number of aromatic nitrogens is 3. The Labute approximate surface area is 163 Å². The zero-order chi connectivity index (χ0) is 19.9. The Hall–Kier alpha value is -1.97. The second-order valence-electron chi connectivity index (χ2n) is 6.82. The van der Waals surface area contributed by atoms with Crippen molar-refractivity contribution in [2.45, 2.75) is 52.1 Å². The summed E-state index contributed by atoms with van der Waals surface area (Å²) < 4.78 is 35.4. The molecule has 0 spiro atoms. The van der Waals surface area contributed by atoms with Gasteiger partial charge in [0.1, 0.15) is 0 Å². The fourth-order valence-corrected chi connectivity index (χ4v) is 6.18. The highest BCUT2D eigenvalue weighted by atomic mass is 32.2. The van der Waals surface area contributed by atoms with Crippen LogP contribution in [0.5, 0.6) is 0 Å². The topological polar surface area (TPSA) is 81.2 Å². The van der Waals surface area contributed by atoms with Gasteiger partial charge in [-0.3, -0.25) is 4.68 Å². The Morgan fingerprint density at radius 1 is 1.30 bits per heavy atom. The third-order valence-corrected chi connectivity index (χ3v) is 8.03. The molecular weight excluding hydrogens is 384 g/mol. The molecular formula is C18H24N4O3S2. The molecule has 0 aliphatic carbocycles. The smallest absolute Gasteiger partial charge is 0.244 e. The van der Waals surface area contributed by atoms with Gasteiger partial charge in [0, 0.05) is 41.8 Å². The van der Waals surface area contributed by atoms with E-state index in [1.54, 1.807) is 23.0 Å². The molecule has 0 aromatic carbocycles. The van der Waals surface area contributed by atoms with E-state index in [9.17, 15) is 8.42 Å². The van der Waals surface area contributed by atoms with Gasteiger partial charge in [-0.1, -0.05) is 5.16 Å². The Balaban J connectivity index is 2.02. The van der Waals surface area contributed by atoms with E-state index in [1.807, 2.05) is 41.7 Å². The molecule has 0 fully saturated rings. The van der Waals surface area contributed by atoms with Crippen molar-refractivity contribution in [1.29, 1.82) is 0 Å². The van der Waals surface area contributed by atoms with Gasteiger partial charge < -0.3 is 4.52 Å².